The molecule has 2 aromatic carbocycles. The van der Waals surface area contributed by atoms with Crippen molar-refractivity contribution in [1.82, 2.24) is 4.72 Å². The largest absolute Gasteiger partial charge is 0.241 e. The number of halogens is 1. The van der Waals surface area contributed by atoms with Gasteiger partial charge in [0.25, 0.3) is 0 Å². The standard InChI is InChI=1S/C15H16BrNO2S/c1-11-7-3-6-10-15(11)20(18,19)17-12(2)13-8-4-5-9-14(13)16/h3-10,12,17H,1-2H3/t12-/m0/s1. The molecule has 106 valence electrons. The lowest BCUT2D eigenvalue weighted by molar-refractivity contribution is 0.566. The minimum Gasteiger partial charge on any atom is -0.207 e. The van der Waals surface area contributed by atoms with E-state index in [1.165, 1.54) is 0 Å². The Bertz CT molecular complexity index is 713. The Morgan fingerprint density at radius 3 is 2.30 bits per heavy atom. The van der Waals surface area contributed by atoms with Crippen LogP contribution in [0.4, 0.5) is 0 Å². The highest BCUT2D eigenvalue weighted by atomic mass is 79.9. The molecule has 0 saturated heterocycles. The van der Waals surface area contributed by atoms with Gasteiger partial charge in [0.1, 0.15) is 0 Å². The summed E-state index contributed by atoms with van der Waals surface area (Å²) in [6.45, 7) is 3.62. The molecule has 2 rings (SSSR count). The minimum absolute atomic E-state index is 0.310. The summed E-state index contributed by atoms with van der Waals surface area (Å²) >= 11 is 3.44. The third kappa shape index (κ3) is 3.29. The van der Waals surface area contributed by atoms with Crippen LogP contribution in [0.3, 0.4) is 0 Å². The zero-order chi connectivity index (χ0) is 14.8. The highest BCUT2D eigenvalue weighted by Crippen LogP contribution is 2.25. The van der Waals surface area contributed by atoms with Crippen molar-refractivity contribution in [2.75, 3.05) is 0 Å². The predicted octanol–water partition coefficient (Wildman–Crippen LogP) is 3.80. The third-order valence-electron chi connectivity index (χ3n) is 3.09. The van der Waals surface area contributed by atoms with E-state index in [-0.39, 0.29) is 6.04 Å². The number of rotatable bonds is 4. The molecule has 0 amide bonds. The maximum absolute atomic E-state index is 12.4. The van der Waals surface area contributed by atoms with Gasteiger partial charge in [-0.2, -0.15) is 0 Å². The van der Waals surface area contributed by atoms with Gasteiger partial charge in [0.05, 0.1) is 4.90 Å². The smallest absolute Gasteiger partial charge is 0.207 e. The molecule has 0 saturated carbocycles. The van der Waals surface area contributed by atoms with Gasteiger partial charge in [0, 0.05) is 10.5 Å². The van der Waals surface area contributed by atoms with Gasteiger partial charge in [-0.05, 0) is 37.1 Å². The van der Waals surface area contributed by atoms with Crippen molar-refractivity contribution in [3.05, 3.63) is 64.1 Å². The molecule has 0 bridgehead atoms. The second-order valence-corrected chi connectivity index (χ2v) is 7.17. The number of nitrogens with one attached hydrogen (secondary N) is 1. The average Bonchev–Trinajstić information content (AvgIpc) is 2.38. The van der Waals surface area contributed by atoms with Crippen molar-refractivity contribution in [1.29, 1.82) is 0 Å². The second kappa shape index (κ2) is 6.08. The van der Waals surface area contributed by atoms with Crippen LogP contribution in [0.25, 0.3) is 0 Å². The van der Waals surface area contributed by atoms with Crippen LogP contribution < -0.4 is 4.72 Å². The van der Waals surface area contributed by atoms with Crippen LogP contribution in [-0.2, 0) is 10.0 Å². The highest BCUT2D eigenvalue weighted by molar-refractivity contribution is 9.10. The van der Waals surface area contributed by atoms with E-state index in [4.69, 9.17) is 0 Å². The molecule has 20 heavy (non-hydrogen) atoms. The molecular formula is C15H16BrNO2S. The molecule has 0 fully saturated rings. The summed E-state index contributed by atoms with van der Waals surface area (Å²) in [7, 11) is -3.53. The average molecular weight is 354 g/mol. The third-order valence-corrected chi connectivity index (χ3v) is 5.51. The van der Waals surface area contributed by atoms with Crippen molar-refractivity contribution in [3.63, 3.8) is 0 Å². The Labute approximate surface area is 128 Å². The molecule has 0 aliphatic carbocycles. The number of aryl methyl sites for hydroxylation is 1. The summed E-state index contributed by atoms with van der Waals surface area (Å²) in [6.07, 6.45) is 0. The van der Waals surface area contributed by atoms with E-state index in [1.54, 1.807) is 25.1 Å². The van der Waals surface area contributed by atoms with Crippen molar-refractivity contribution in [2.45, 2.75) is 24.8 Å². The fourth-order valence-electron chi connectivity index (χ4n) is 2.04. The highest BCUT2D eigenvalue weighted by Gasteiger charge is 2.20. The fourth-order valence-corrected chi connectivity index (χ4v) is 4.14. The SMILES string of the molecule is Cc1ccccc1S(=O)(=O)N[C@@H](C)c1ccccc1Br. The normalized spacial score (nSPS) is 13.2. The Kier molecular flexibility index (Phi) is 4.62. The van der Waals surface area contributed by atoms with E-state index < -0.39 is 10.0 Å². The topological polar surface area (TPSA) is 46.2 Å². The lowest BCUT2D eigenvalue weighted by Crippen LogP contribution is -2.27. The van der Waals surface area contributed by atoms with E-state index in [1.807, 2.05) is 37.3 Å². The molecule has 0 aliphatic heterocycles. The first-order valence-electron chi connectivity index (χ1n) is 6.24. The van der Waals surface area contributed by atoms with Crippen molar-refractivity contribution < 1.29 is 8.42 Å². The van der Waals surface area contributed by atoms with Gasteiger partial charge in [-0.3, -0.25) is 0 Å². The van der Waals surface area contributed by atoms with Gasteiger partial charge in [-0.25, -0.2) is 13.1 Å². The number of hydrogen-bond acceptors (Lipinski definition) is 2. The van der Waals surface area contributed by atoms with Gasteiger partial charge in [-0.1, -0.05) is 52.3 Å². The van der Waals surface area contributed by atoms with E-state index in [0.717, 1.165) is 15.6 Å². The Hall–Kier alpha value is -1.17. The van der Waals surface area contributed by atoms with Crippen LogP contribution in [0.1, 0.15) is 24.1 Å². The van der Waals surface area contributed by atoms with Gasteiger partial charge >= 0.3 is 0 Å². The van der Waals surface area contributed by atoms with E-state index in [2.05, 4.69) is 20.7 Å². The summed E-state index contributed by atoms with van der Waals surface area (Å²) in [5.41, 5.74) is 1.64. The summed E-state index contributed by atoms with van der Waals surface area (Å²) in [5, 5.41) is 0. The Morgan fingerprint density at radius 2 is 1.65 bits per heavy atom. The number of sulfonamides is 1. The van der Waals surface area contributed by atoms with Gasteiger partial charge in [-0.15, -0.1) is 0 Å². The van der Waals surface area contributed by atoms with Crippen LogP contribution in [0.5, 0.6) is 0 Å². The molecule has 5 heteroatoms. The van der Waals surface area contributed by atoms with Crippen LogP contribution >= 0.6 is 15.9 Å². The summed E-state index contributed by atoms with van der Waals surface area (Å²) in [6, 6.07) is 14.2. The summed E-state index contributed by atoms with van der Waals surface area (Å²) in [5.74, 6) is 0. The maximum Gasteiger partial charge on any atom is 0.241 e. The molecule has 0 spiro atoms. The molecular weight excluding hydrogens is 338 g/mol. The van der Waals surface area contributed by atoms with Crippen molar-refractivity contribution >= 4 is 26.0 Å². The summed E-state index contributed by atoms with van der Waals surface area (Å²) in [4.78, 5) is 0.318. The van der Waals surface area contributed by atoms with E-state index in [9.17, 15) is 8.42 Å². The molecule has 0 aliphatic rings. The zero-order valence-corrected chi connectivity index (χ0v) is 13.7. The summed E-state index contributed by atoms with van der Waals surface area (Å²) < 4.78 is 28.4. The fraction of sp³-hybridized carbons (Fsp3) is 0.200. The Morgan fingerprint density at radius 1 is 1.05 bits per heavy atom. The molecule has 1 atom stereocenters. The number of benzene rings is 2. The molecule has 0 heterocycles. The Balaban J connectivity index is 2.30. The van der Waals surface area contributed by atoms with Crippen LogP contribution in [-0.4, -0.2) is 8.42 Å². The van der Waals surface area contributed by atoms with E-state index >= 15 is 0 Å². The molecule has 1 N–H and O–H groups in total. The predicted molar refractivity (Wildman–Crippen MR) is 84.1 cm³/mol. The van der Waals surface area contributed by atoms with Crippen molar-refractivity contribution in [2.24, 2.45) is 0 Å². The monoisotopic (exact) mass is 353 g/mol. The van der Waals surface area contributed by atoms with Crippen LogP contribution in [0.2, 0.25) is 0 Å². The molecule has 2 aromatic rings. The maximum atomic E-state index is 12.4. The molecule has 3 nitrogen and oxygen atoms in total. The first-order chi connectivity index (χ1) is 9.42. The van der Waals surface area contributed by atoms with Crippen LogP contribution in [0, 0.1) is 6.92 Å². The quantitative estimate of drug-likeness (QED) is 0.908. The van der Waals surface area contributed by atoms with Crippen molar-refractivity contribution in [3.8, 4) is 0 Å². The van der Waals surface area contributed by atoms with Gasteiger partial charge in [0.2, 0.25) is 10.0 Å². The van der Waals surface area contributed by atoms with E-state index in [0.29, 0.717) is 4.90 Å². The van der Waals surface area contributed by atoms with Gasteiger partial charge < -0.3 is 0 Å². The minimum atomic E-state index is -3.53. The molecule has 0 unspecified atom stereocenters. The molecule has 0 aromatic heterocycles. The second-order valence-electron chi connectivity index (χ2n) is 4.63. The molecule has 0 radical (unpaired) electrons. The first kappa shape index (κ1) is 15.2. The lowest BCUT2D eigenvalue weighted by atomic mass is 10.1. The van der Waals surface area contributed by atoms with Gasteiger partial charge in [0.15, 0.2) is 0 Å². The lowest BCUT2D eigenvalue weighted by Gasteiger charge is -2.17. The zero-order valence-electron chi connectivity index (χ0n) is 11.3. The van der Waals surface area contributed by atoms with Crippen LogP contribution in [0.15, 0.2) is 57.9 Å². The first-order valence-corrected chi connectivity index (χ1v) is 8.52. The number of hydrogen-bond donors (Lipinski definition) is 1.